The van der Waals surface area contributed by atoms with E-state index in [4.69, 9.17) is 11.6 Å². The minimum Gasteiger partial charge on any atom is -0.370 e. The van der Waals surface area contributed by atoms with Gasteiger partial charge in [-0.15, -0.1) is 11.3 Å². The molecule has 0 unspecified atom stereocenters. The van der Waals surface area contributed by atoms with Crippen LogP contribution in [0.4, 0.5) is 11.6 Å². The average Bonchev–Trinajstić information content (AvgIpc) is 2.80. The van der Waals surface area contributed by atoms with Gasteiger partial charge in [-0.1, -0.05) is 24.6 Å². The molecule has 0 spiro atoms. The number of nitrogens with one attached hydrogen (secondary N) is 2. The van der Waals surface area contributed by atoms with Gasteiger partial charge >= 0.3 is 0 Å². The van der Waals surface area contributed by atoms with Gasteiger partial charge in [0.1, 0.15) is 11.6 Å². The average molecular weight is 282 g/mol. The lowest BCUT2D eigenvalue weighted by molar-refractivity contribution is 0.968. The first kappa shape index (κ1) is 13.2. The molecule has 0 radical (unpaired) electrons. The fraction of sp³-hybridized carbons (Fsp3) is 0.308. The van der Waals surface area contributed by atoms with E-state index in [9.17, 15) is 0 Å². The van der Waals surface area contributed by atoms with Gasteiger partial charge in [-0.25, -0.2) is 4.98 Å². The maximum atomic E-state index is 5.89. The van der Waals surface area contributed by atoms with Crippen LogP contribution in [0.1, 0.15) is 18.2 Å². The van der Waals surface area contributed by atoms with Gasteiger partial charge in [0.05, 0.1) is 10.9 Å². The molecule has 0 saturated heterocycles. The third-order valence-corrected chi connectivity index (χ3v) is 3.61. The van der Waals surface area contributed by atoms with Crippen molar-refractivity contribution in [1.82, 2.24) is 4.98 Å². The second kappa shape index (κ2) is 6.61. The number of nitrogens with zero attached hydrogens (tertiary/aromatic N) is 1. The molecule has 0 amide bonds. The van der Waals surface area contributed by atoms with Gasteiger partial charge in [-0.05, 0) is 30.7 Å². The van der Waals surface area contributed by atoms with Gasteiger partial charge in [0.15, 0.2) is 0 Å². The first-order chi connectivity index (χ1) is 8.78. The van der Waals surface area contributed by atoms with E-state index in [0.29, 0.717) is 0 Å². The zero-order chi connectivity index (χ0) is 12.8. The summed E-state index contributed by atoms with van der Waals surface area (Å²) in [6.45, 7) is 3.83. The van der Waals surface area contributed by atoms with E-state index in [1.54, 1.807) is 11.3 Å². The molecule has 2 aromatic heterocycles. The molecule has 96 valence electrons. The molecule has 0 aromatic carbocycles. The standard InChI is InChI=1S/C13H16ClN3S/c1-2-8-15-12-4-3-5-13(17-12)16-9-10-6-7-11(14)18-10/h3-7H,2,8-9H2,1H3,(H2,15,16,17). The Labute approximate surface area is 116 Å². The highest BCUT2D eigenvalue weighted by atomic mass is 35.5. The molecule has 0 atom stereocenters. The zero-order valence-electron chi connectivity index (χ0n) is 10.2. The maximum absolute atomic E-state index is 5.89. The van der Waals surface area contributed by atoms with Crippen molar-refractivity contribution < 1.29 is 0 Å². The Hall–Kier alpha value is -1.26. The predicted octanol–water partition coefficient (Wildman–Crippen LogP) is 4.23. The van der Waals surface area contributed by atoms with Gasteiger partial charge < -0.3 is 10.6 Å². The predicted molar refractivity (Wildman–Crippen MR) is 79.7 cm³/mol. The summed E-state index contributed by atoms with van der Waals surface area (Å²) in [5.74, 6) is 1.78. The van der Waals surface area contributed by atoms with Gasteiger partial charge in [-0.2, -0.15) is 0 Å². The number of rotatable bonds is 6. The highest BCUT2D eigenvalue weighted by Gasteiger charge is 2.00. The molecule has 2 aromatic rings. The van der Waals surface area contributed by atoms with E-state index >= 15 is 0 Å². The fourth-order valence-electron chi connectivity index (χ4n) is 1.51. The van der Waals surface area contributed by atoms with E-state index in [2.05, 4.69) is 22.5 Å². The van der Waals surface area contributed by atoms with Gasteiger partial charge in [-0.3, -0.25) is 0 Å². The number of thiophene rings is 1. The molecule has 0 aliphatic heterocycles. The molecule has 3 nitrogen and oxygen atoms in total. The lowest BCUT2D eigenvalue weighted by atomic mass is 10.4. The van der Waals surface area contributed by atoms with E-state index in [1.807, 2.05) is 30.3 Å². The summed E-state index contributed by atoms with van der Waals surface area (Å²) in [7, 11) is 0. The molecule has 0 saturated carbocycles. The van der Waals surface area contributed by atoms with Crippen molar-refractivity contribution in [2.75, 3.05) is 17.2 Å². The fourth-order valence-corrected chi connectivity index (χ4v) is 2.54. The van der Waals surface area contributed by atoms with Crippen molar-refractivity contribution in [3.05, 3.63) is 39.5 Å². The van der Waals surface area contributed by atoms with Crippen LogP contribution in [0, 0.1) is 0 Å². The largest absolute Gasteiger partial charge is 0.370 e. The molecule has 0 aliphatic rings. The number of halogens is 1. The molecule has 0 aliphatic carbocycles. The van der Waals surface area contributed by atoms with Crippen LogP contribution < -0.4 is 10.6 Å². The first-order valence-corrected chi connectivity index (χ1v) is 7.16. The van der Waals surface area contributed by atoms with Gasteiger partial charge in [0.2, 0.25) is 0 Å². The molecule has 2 rings (SSSR count). The summed E-state index contributed by atoms with van der Waals surface area (Å²) >= 11 is 7.47. The zero-order valence-corrected chi connectivity index (χ0v) is 11.8. The monoisotopic (exact) mass is 281 g/mol. The van der Waals surface area contributed by atoms with E-state index in [0.717, 1.165) is 35.5 Å². The summed E-state index contributed by atoms with van der Waals surface area (Å²) in [6.07, 6.45) is 1.09. The van der Waals surface area contributed by atoms with Crippen molar-refractivity contribution in [3.8, 4) is 0 Å². The summed E-state index contributed by atoms with van der Waals surface area (Å²) in [5.41, 5.74) is 0. The second-order valence-electron chi connectivity index (χ2n) is 3.89. The molecule has 2 heterocycles. The van der Waals surface area contributed by atoms with Crippen LogP contribution in [0.2, 0.25) is 4.34 Å². The van der Waals surface area contributed by atoms with Crippen molar-refractivity contribution in [2.24, 2.45) is 0 Å². The molecule has 0 bridgehead atoms. The highest BCUT2D eigenvalue weighted by Crippen LogP contribution is 2.22. The Morgan fingerprint density at radius 2 is 1.94 bits per heavy atom. The SMILES string of the molecule is CCCNc1cccc(NCc2ccc(Cl)s2)n1. The third-order valence-electron chi connectivity index (χ3n) is 2.38. The minimum absolute atomic E-state index is 0.752. The van der Waals surface area contributed by atoms with Gasteiger partial charge in [0.25, 0.3) is 0 Å². The maximum Gasteiger partial charge on any atom is 0.128 e. The molecule has 2 N–H and O–H groups in total. The number of aromatic nitrogens is 1. The molecule has 5 heteroatoms. The summed E-state index contributed by atoms with van der Waals surface area (Å²) in [5, 5.41) is 6.56. The number of hydrogen-bond donors (Lipinski definition) is 2. The van der Waals surface area contributed by atoms with E-state index < -0.39 is 0 Å². The van der Waals surface area contributed by atoms with Crippen LogP contribution in [0.5, 0.6) is 0 Å². The Morgan fingerprint density at radius 3 is 2.61 bits per heavy atom. The van der Waals surface area contributed by atoms with E-state index in [1.165, 1.54) is 4.88 Å². The summed E-state index contributed by atoms with van der Waals surface area (Å²) in [4.78, 5) is 5.68. The molecule has 18 heavy (non-hydrogen) atoms. The van der Waals surface area contributed by atoms with Crippen LogP contribution in [-0.2, 0) is 6.54 Å². The Kier molecular flexibility index (Phi) is 4.84. The Morgan fingerprint density at radius 1 is 1.17 bits per heavy atom. The van der Waals surface area contributed by atoms with Crippen molar-refractivity contribution in [1.29, 1.82) is 0 Å². The second-order valence-corrected chi connectivity index (χ2v) is 5.69. The van der Waals surface area contributed by atoms with Crippen LogP contribution in [0.3, 0.4) is 0 Å². The Balaban J connectivity index is 1.92. The number of pyridine rings is 1. The minimum atomic E-state index is 0.752. The summed E-state index contributed by atoms with van der Waals surface area (Å²) < 4.78 is 0.818. The van der Waals surface area contributed by atoms with Gasteiger partial charge in [0, 0.05) is 11.4 Å². The highest BCUT2D eigenvalue weighted by molar-refractivity contribution is 7.16. The van der Waals surface area contributed by atoms with Crippen molar-refractivity contribution in [3.63, 3.8) is 0 Å². The van der Waals surface area contributed by atoms with Crippen molar-refractivity contribution in [2.45, 2.75) is 19.9 Å². The van der Waals surface area contributed by atoms with E-state index in [-0.39, 0.29) is 0 Å². The topological polar surface area (TPSA) is 37.0 Å². The molecular formula is C13H16ClN3S. The number of hydrogen-bond acceptors (Lipinski definition) is 4. The molecule has 0 fully saturated rings. The van der Waals surface area contributed by atoms with Crippen LogP contribution in [0.15, 0.2) is 30.3 Å². The summed E-state index contributed by atoms with van der Waals surface area (Å²) in [6, 6.07) is 9.87. The molecular weight excluding hydrogens is 266 g/mol. The quantitative estimate of drug-likeness (QED) is 0.832. The smallest absolute Gasteiger partial charge is 0.128 e. The first-order valence-electron chi connectivity index (χ1n) is 5.97. The number of anilines is 2. The van der Waals surface area contributed by atoms with Crippen LogP contribution >= 0.6 is 22.9 Å². The third kappa shape index (κ3) is 3.89. The Bertz CT molecular complexity index is 498. The lowest BCUT2D eigenvalue weighted by Crippen LogP contribution is -2.04. The van der Waals surface area contributed by atoms with Crippen LogP contribution in [0.25, 0.3) is 0 Å². The van der Waals surface area contributed by atoms with Crippen molar-refractivity contribution >= 4 is 34.6 Å². The normalized spacial score (nSPS) is 10.3. The lowest BCUT2D eigenvalue weighted by Gasteiger charge is -2.07. The van der Waals surface area contributed by atoms with Crippen LogP contribution in [-0.4, -0.2) is 11.5 Å².